The van der Waals surface area contributed by atoms with Crippen molar-refractivity contribution in [2.75, 3.05) is 31.2 Å². The van der Waals surface area contributed by atoms with Gasteiger partial charge in [-0.3, -0.25) is 0 Å². The molecule has 1 spiro atoms. The fourth-order valence-electron chi connectivity index (χ4n) is 3.36. The Morgan fingerprint density at radius 2 is 1.86 bits per heavy atom. The molecule has 2 fully saturated rings. The van der Waals surface area contributed by atoms with Crippen molar-refractivity contribution in [1.82, 2.24) is 10.2 Å². The summed E-state index contributed by atoms with van der Waals surface area (Å²) in [6.07, 6.45) is 2.00. The lowest BCUT2D eigenvalue weighted by molar-refractivity contribution is -0.161. The van der Waals surface area contributed by atoms with Gasteiger partial charge in [-0.25, -0.2) is 0 Å². The minimum absolute atomic E-state index is 0.439. The van der Waals surface area contributed by atoms with Crippen molar-refractivity contribution in [3.63, 3.8) is 0 Å². The van der Waals surface area contributed by atoms with Crippen molar-refractivity contribution < 1.29 is 9.47 Å². The summed E-state index contributed by atoms with van der Waals surface area (Å²) < 4.78 is 11.7. The summed E-state index contributed by atoms with van der Waals surface area (Å²) in [4.78, 5) is 2.25. The first kappa shape index (κ1) is 13.0. The van der Waals surface area contributed by atoms with E-state index in [0.29, 0.717) is 13.2 Å². The lowest BCUT2D eigenvalue weighted by Crippen LogP contribution is -2.49. The van der Waals surface area contributed by atoms with E-state index in [2.05, 4.69) is 33.3 Å². The van der Waals surface area contributed by atoms with Crippen LogP contribution in [0.1, 0.15) is 18.5 Å². The Kier molecular flexibility index (Phi) is 3.05. The molecular formula is C16H19N3O2. The molecule has 0 aliphatic carbocycles. The number of piperidine rings is 1. The minimum atomic E-state index is -0.439. The van der Waals surface area contributed by atoms with Crippen LogP contribution >= 0.6 is 0 Å². The second-order valence-electron chi connectivity index (χ2n) is 5.79. The highest BCUT2D eigenvalue weighted by Gasteiger charge is 2.41. The van der Waals surface area contributed by atoms with Gasteiger partial charge in [0, 0.05) is 23.7 Å². The summed E-state index contributed by atoms with van der Waals surface area (Å²) in [6, 6.07) is 8.31. The molecule has 110 valence electrons. The Labute approximate surface area is 123 Å². The molecule has 2 aliphatic heterocycles. The van der Waals surface area contributed by atoms with Crippen molar-refractivity contribution >= 4 is 16.6 Å². The number of nitrogens with zero attached hydrogens (tertiary/aromatic N) is 3. The Balaban J connectivity index is 1.74. The maximum atomic E-state index is 5.86. The summed E-state index contributed by atoms with van der Waals surface area (Å²) in [7, 11) is 0. The van der Waals surface area contributed by atoms with Crippen LogP contribution in [0.3, 0.4) is 0 Å². The highest BCUT2D eigenvalue weighted by atomic mass is 16.7. The summed E-state index contributed by atoms with van der Waals surface area (Å²) >= 11 is 0. The normalized spacial score (nSPS) is 21.3. The van der Waals surface area contributed by atoms with E-state index in [-0.39, 0.29) is 0 Å². The molecule has 2 saturated heterocycles. The fourth-order valence-corrected chi connectivity index (χ4v) is 3.36. The highest BCUT2D eigenvalue weighted by molar-refractivity contribution is 5.93. The van der Waals surface area contributed by atoms with Crippen molar-refractivity contribution in [2.24, 2.45) is 0 Å². The lowest BCUT2D eigenvalue weighted by Gasteiger charge is -2.39. The van der Waals surface area contributed by atoms with Crippen LogP contribution in [0.2, 0.25) is 0 Å². The number of benzene rings is 1. The number of hydrogen-bond acceptors (Lipinski definition) is 5. The summed E-state index contributed by atoms with van der Waals surface area (Å²) in [5.41, 5.74) is 0.967. The molecule has 1 aromatic carbocycles. The Bertz CT molecular complexity index is 668. The van der Waals surface area contributed by atoms with Gasteiger partial charge in [-0.2, -0.15) is 5.10 Å². The maximum Gasteiger partial charge on any atom is 0.186 e. The van der Waals surface area contributed by atoms with Crippen LogP contribution in [0.15, 0.2) is 24.3 Å². The van der Waals surface area contributed by atoms with Crippen LogP contribution in [-0.2, 0) is 9.47 Å². The average Bonchev–Trinajstić information content (AvgIpc) is 2.96. The first-order valence-electron chi connectivity index (χ1n) is 7.52. The first-order chi connectivity index (χ1) is 10.3. The zero-order valence-corrected chi connectivity index (χ0v) is 12.2. The van der Waals surface area contributed by atoms with Gasteiger partial charge in [-0.1, -0.05) is 24.3 Å². The molecule has 0 unspecified atom stereocenters. The van der Waals surface area contributed by atoms with Gasteiger partial charge in [0.1, 0.15) is 0 Å². The van der Waals surface area contributed by atoms with Crippen LogP contribution < -0.4 is 4.90 Å². The number of rotatable bonds is 1. The van der Waals surface area contributed by atoms with Crippen molar-refractivity contribution in [3.8, 4) is 0 Å². The summed E-state index contributed by atoms with van der Waals surface area (Å²) in [5.74, 6) is 0.501. The zero-order valence-electron chi connectivity index (χ0n) is 12.2. The molecule has 21 heavy (non-hydrogen) atoms. The second kappa shape index (κ2) is 4.93. The number of aromatic nitrogens is 2. The third-order valence-corrected chi connectivity index (χ3v) is 4.38. The molecular weight excluding hydrogens is 266 g/mol. The molecule has 4 rings (SSSR count). The van der Waals surface area contributed by atoms with E-state index in [1.807, 2.05) is 13.0 Å². The molecule has 0 saturated carbocycles. The molecule has 5 heteroatoms. The van der Waals surface area contributed by atoms with Crippen LogP contribution in [0.25, 0.3) is 10.8 Å². The predicted molar refractivity (Wildman–Crippen MR) is 80.4 cm³/mol. The zero-order chi connectivity index (χ0) is 14.3. The van der Waals surface area contributed by atoms with E-state index >= 15 is 0 Å². The third-order valence-electron chi connectivity index (χ3n) is 4.38. The van der Waals surface area contributed by atoms with Crippen molar-refractivity contribution in [2.45, 2.75) is 25.6 Å². The minimum Gasteiger partial charge on any atom is -0.349 e. The van der Waals surface area contributed by atoms with E-state index in [4.69, 9.17) is 9.47 Å². The van der Waals surface area contributed by atoms with Gasteiger partial charge in [0.25, 0.3) is 0 Å². The standard InChI is InChI=1S/C16H19N3O2/c1-12-13-5-2-3-6-14(13)15(18-17-12)19-8-4-7-16(11-19)20-9-10-21-16/h2-3,5-6H,4,7-11H2,1H3. The molecule has 0 radical (unpaired) electrons. The average molecular weight is 285 g/mol. The fraction of sp³-hybridized carbons (Fsp3) is 0.500. The van der Waals surface area contributed by atoms with Gasteiger partial charge in [0.2, 0.25) is 0 Å². The van der Waals surface area contributed by atoms with Crippen LogP contribution in [0.4, 0.5) is 5.82 Å². The number of hydrogen-bond donors (Lipinski definition) is 0. The van der Waals surface area contributed by atoms with Gasteiger partial charge >= 0.3 is 0 Å². The topological polar surface area (TPSA) is 47.5 Å². The summed E-state index contributed by atoms with van der Waals surface area (Å²) in [6.45, 7) is 5.08. The molecule has 0 N–H and O–H groups in total. The van der Waals surface area contributed by atoms with E-state index < -0.39 is 5.79 Å². The Morgan fingerprint density at radius 1 is 1.10 bits per heavy atom. The highest BCUT2D eigenvalue weighted by Crippen LogP contribution is 2.34. The van der Waals surface area contributed by atoms with E-state index in [9.17, 15) is 0 Å². The van der Waals surface area contributed by atoms with E-state index in [0.717, 1.165) is 48.2 Å². The largest absolute Gasteiger partial charge is 0.349 e. The Morgan fingerprint density at radius 3 is 2.67 bits per heavy atom. The second-order valence-corrected chi connectivity index (χ2v) is 5.79. The molecule has 0 atom stereocenters. The predicted octanol–water partition coefficient (Wildman–Crippen LogP) is 2.28. The molecule has 2 aromatic rings. The lowest BCUT2D eigenvalue weighted by atomic mass is 10.0. The number of aryl methyl sites for hydroxylation is 1. The van der Waals surface area contributed by atoms with Crippen molar-refractivity contribution in [1.29, 1.82) is 0 Å². The van der Waals surface area contributed by atoms with Crippen LogP contribution in [0, 0.1) is 6.92 Å². The van der Waals surface area contributed by atoms with Gasteiger partial charge in [-0.15, -0.1) is 5.10 Å². The quantitative estimate of drug-likeness (QED) is 0.804. The van der Waals surface area contributed by atoms with Crippen molar-refractivity contribution in [3.05, 3.63) is 30.0 Å². The smallest absolute Gasteiger partial charge is 0.186 e. The Hall–Kier alpha value is -1.72. The van der Waals surface area contributed by atoms with Gasteiger partial charge in [0.15, 0.2) is 11.6 Å². The number of ether oxygens (including phenoxy) is 2. The molecule has 0 bridgehead atoms. The molecule has 0 amide bonds. The van der Waals surface area contributed by atoms with E-state index in [1.165, 1.54) is 0 Å². The molecule has 3 heterocycles. The SMILES string of the molecule is Cc1nnc(N2CCCC3(C2)OCCO3)c2ccccc12. The first-order valence-corrected chi connectivity index (χ1v) is 7.52. The molecule has 2 aliphatic rings. The summed E-state index contributed by atoms with van der Waals surface area (Å²) in [5, 5.41) is 11.1. The molecule has 5 nitrogen and oxygen atoms in total. The van der Waals surface area contributed by atoms with E-state index in [1.54, 1.807) is 0 Å². The van der Waals surface area contributed by atoms with Gasteiger partial charge in [-0.05, 0) is 13.3 Å². The van der Waals surface area contributed by atoms with Crippen LogP contribution in [-0.4, -0.2) is 42.3 Å². The number of fused-ring (bicyclic) bond motifs is 1. The molecule has 1 aromatic heterocycles. The van der Waals surface area contributed by atoms with Gasteiger partial charge < -0.3 is 14.4 Å². The third kappa shape index (κ3) is 2.17. The van der Waals surface area contributed by atoms with Gasteiger partial charge in [0.05, 0.1) is 25.5 Å². The number of anilines is 1. The maximum absolute atomic E-state index is 5.86. The van der Waals surface area contributed by atoms with Crippen LogP contribution in [0.5, 0.6) is 0 Å². The monoisotopic (exact) mass is 285 g/mol.